The van der Waals surface area contributed by atoms with Gasteiger partial charge in [0.1, 0.15) is 5.69 Å². The first-order valence-corrected chi connectivity index (χ1v) is 7.69. The third-order valence-corrected chi connectivity index (χ3v) is 4.45. The molecule has 0 aliphatic carbocycles. The van der Waals surface area contributed by atoms with Crippen LogP contribution in [0.2, 0.25) is 10.0 Å². The van der Waals surface area contributed by atoms with Crippen LogP contribution in [0.3, 0.4) is 0 Å². The van der Waals surface area contributed by atoms with Crippen molar-refractivity contribution in [3.05, 3.63) is 40.1 Å². The number of aliphatic hydroxyl groups is 1. The highest BCUT2D eigenvalue weighted by Crippen LogP contribution is 2.28. The van der Waals surface area contributed by atoms with Gasteiger partial charge in [-0.3, -0.25) is 4.90 Å². The molecule has 2 heterocycles. The van der Waals surface area contributed by atoms with Gasteiger partial charge in [-0.1, -0.05) is 34.4 Å². The Labute approximate surface area is 133 Å². The van der Waals surface area contributed by atoms with E-state index < -0.39 is 0 Å². The second kappa shape index (κ2) is 6.36. The van der Waals surface area contributed by atoms with Crippen LogP contribution in [0.4, 0.5) is 0 Å². The number of hydrogen-bond donors (Lipinski definition) is 1. The predicted molar refractivity (Wildman–Crippen MR) is 82.5 cm³/mol. The Kier molecular flexibility index (Phi) is 4.50. The first kappa shape index (κ1) is 14.9. The monoisotopic (exact) mass is 326 g/mol. The van der Waals surface area contributed by atoms with Gasteiger partial charge < -0.3 is 9.63 Å². The summed E-state index contributed by atoms with van der Waals surface area (Å²) in [6, 6.07) is 7.32. The number of benzene rings is 1. The molecule has 1 saturated heterocycles. The molecule has 1 fully saturated rings. The number of likely N-dealkylation sites (tertiary alicyclic amines) is 1. The van der Waals surface area contributed by atoms with Crippen LogP contribution in [0.5, 0.6) is 0 Å². The van der Waals surface area contributed by atoms with Gasteiger partial charge in [0, 0.05) is 24.7 Å². The topological polar surface area (TPSA) is 49.5 Å². The number of rotatable bonds is 3. The highest BCUT2D eigenvalue weighted by molar-refractivity contribution is 6.42. The molecule has 0 unspecified atom stereocenters. The summed E-state index contributed by atoms with van der Waals surface area (Å²) in [6.45, 7) is 2.47. The van der Waals surface area contributed by atoms with E-state index in [1.165, 1.54) is 0 Å². The van der Waals surface area contributed by atoms with Gasteiger partial charge in [-0.2, -0.15) is 0 Å². The molecule has 1 aliphatic rings. The lowest BCUT2D eigenvalue weighted by atomic mass is 10.1. The third-order valence-electron chi connectivity index (χ3n) is 3.71. The Bertz CT molecular complexity index is 622. The largest absolute Gasteiger partial charge is 0.393 e. The Balaban J connectivity index is 1.69. The fraction of sp³-hybridized carbons (Fsp3) is 0.400. The molecule has 1 aromatic heterocycles. The highest BCUT2D eigenvalue weighted by Gasteiger charge is 2.18. The third kappa shape index (κ3) is 3.58. The molecule has 112 valence electrons. The normalized spacial score (nSPS) is 17.3. The summed E-state index contributed by atoms with van der Waals surface area (Å²) in [5, 5.41) is 14.6. The first-order valence-electron chi connectivity index (χ1n) is 6.93. The lowest BCUT2D eigenvalue weighted by Crippen LogP contribution is -2.35. The zero-order chi connectivity index (χ0) is 14.8. The summed E-state index contributed by atoms with van der Waals surface area (Å²) < 4.78 is 5.39. The molecule has 0 radical (unpaired) electrons. The number of nitrogens with zero attached hydrogens (tertiary/aromatic N) is 2. The molecule has 2 aromatic rings. The van der Waals surface area contributed by atoms with Gasteiger partial charge in [0.25, 0.3) is 0 Å². The summed E-state index contributed by atoms with van der Waals surface area (Å²) in [7, 11) is 0. The molecule has 1 N–H and O–H groups in total. The Morgan fingerprint density at radius 3 is 2.67 bits per heavy atom. The summed E-state index contributed by atoms with van der Waals surface area (Å²) >= 11 is 11.9. The summed E-state index contributed by atoms with van der Waals surface area (Å²) in [5.41, 5.74) is 1.63. The number of piperidine rings is 1. The molecular weight excluding hydrogens is 311 g/mol. The maximum Gasteiger partial charge on any atom is 0.151 e. The standard InChI is InChI=1S/C15H16Cl2N2O2/c16-13-2-1-10(7-14(13)17)15-8-12(21-18-15)9-19-5-3-11(20)4-6-19/h1-2,7-8,11,20H,3-6,9H2. The van der Waals surface area contributed by atoms with E-state index in [0.29, 0.717) is 16.6 Å². The van der Waals surface area contributed by atoms with E-state index in [2.05, 4.69) is 10.1 Å². The first-order chi connectivity index (χ1) is 10.1. The van der Waals surface area contributed by atoms with Crippen LogP contribution in [0.1, 0.15) is 18.6 Å². The fourth-order valence-electron chi connectivity index (χ4n) is 2.48. The van der Waals surface area contributed by atoms with Crippen molar-refractivity contribution >= 4 is 23.2 Å². The van der Waals surface area contributed by atoms with Gasteiger partial charge in [-0.25, -0.2) is 0 Å². The number of aromatic nitrogens is 1. The lowest BCUT2D eigenvalue weighted by molar-refractivity contribution is 0.0749. The second-order valence-electron chi connectivity index (χ2n) is 5.31. The van der Waals surface area contributed by atoms with Crippen LogP contribution in [0.25, 0.3) is 11.3 Å². The number of hydrogen-bond acceptors (Lipinski definition) is 4. The molecule has 0 atom stereocenters. The Morgan fingerprint density at radius 1 is 1.19 bits per heavy atom. The van der Waals surface area contributed by atoms with Crippen molar-refractivity contribution in [3.8, 4) is 11.3 Å². The second-order valence-corrected chi connectivity index (χ2v) is 6.13. The van der Waals surface area contributed by atoms with E-state index >= 15 is 0 Å². The maximum absolute atomic E-state index is 9.51. The average molecular weight is 327 g/mol. The average Bonchev–Trinajstić information content (AvgIpc) is 2.93. The fourth-order valence-corrected chi connectivity index (χ4v) is 2.77. The van der Waals surface area contributed by atoms with Crippen molar-refractivity contribution in [2.75, 3.05) is 13.1 Å². The smallest absolute Gasteiger partial charge is 0.151 e. The van der Waals surface area contributed by atoms with E-state index in [9.17, 15) is 5.11 Å². The van der Waals surface area contributed by atoms with Crippen molar-refractivity contribution in [3.63, 3.8) is 0 Å². The van der Waals surface area contributed by atoms with Crippen LogP contribution in [0, 0.1) is 0 Å². The molecule has 0 bridgehead atoms. The maximum atomic E-state index is 9.51. The van der Waals surface area contributed by atoms with E-state index in [-0.39, 0.29) is 6.10 Å². The van der Waals surface area contributed by atoms with Crippen molar-refractivity contribution in [1.29, 1.82) is 0 Å². The molecule has 1 aromatic carbocycles. The molecule has 4 nitrogen and oxygen atoms in total. The molecule has 3 rings (SSSR count). The minimum absolute atomic E-state index is 0.164. The van der Waals surface area contributed by atoms with Crippen LogP contribution in [0.15, 0.2) is 28.8 Å². The van der Waals surface area contributed by atoms with Gasteiger partial charge in [-0.05, 0) is 25.0 Å². The van der Waals surface area contributed by atoms with Crippen molar-refractivity contribution in [1.82, 2.24) is 10.1 Å². The van der Waals surface area contributed by atoms with Gasteiger partial charge in [0.05, 0.1) is 22.7 Å². The minimum Gasteiger partial charge on any atom is -0.393 e. The van der Waals surface area contributed by atoms with Crippen molar-refractivity contribution in [2.24, 2.45) is 0 Å². The van der Waals surface area contributed by atoms with Gasteiger partial charge in [0.2, 0.25) is 0 Å². The van der Waals surface area contributed by atoms with Gasteiger partial charge >= 0.3 is 0 Å². The Morgan fingerprint density at radius 2 is 1.95 bits per heavy atom. The summed E-state index contributed by atoms with van der Waals surface area (Å²) in [6.07, 6.45) is 1.46. The lowest BCUT2D eigenvalue weighted by Gasteiger charge is -2.28. The molecular formula is C15H16Cl2N2O2. The molecule has 0 spiro atoms. The van der Waals surface area contributed by atoms with Crippen LogP contribution < -0.4 is 0 Å². The van der Waals surface area contributed by atoms with Crippen molar-refractivity contribution in [2.45, 2.75) is 25.5 Å². The van der Waals surface area contributed by atoms with E-state index in [1.807, 2.05) is 12.1 Å². The van der Waals surface area contributed by atoms with Crippen LogP contribution in [-0.4, -0.2) is 34.4 Å². The molecule has 0 amide bonds. The Hall–Kier alpha value is -1.07. The van der Waals surface area contributed by atoms with E-state index in [4.69, 9.17) is 27.7 Å². The molecule has 21 heavy (non-hydrogen) atoms. The van der Waals surface area contributed by atoms with E-state index in [0.717, 1.165) is 42.9 Å². The summed E-state index contributed by atoms with van der Waals surface area (Å²) in [5.74, 6) is 0.812. The van der Waals surface area contributed by atoms with Crippen molar-refractivity contribution < 1.29 is 9.63 Å². The SMILES string of the molecule is OC1CCN(Cc2cc(-c3ccc(Cl)c(Cl)c3)no2)CC1. The van der Waals surface area contributed by atoms with Gasteiger partial charge in [0.15, 0.2) is 5.76 Å². The number of halogens is 2. The zero-order valence-corrected chi connectivity index (χ0v) is 12.9. The van der Waals surface area contributed by atoms with Crippen LogP contribution >= 0.6 is 23.2 Å². The predicted octanol–water partition coefficient (Wildman–Crippen LogP) is 3.61. The number of aliphatic hydroxyl groups excluding tert-OH is 1. The molecule has 0 saturated carbocycles. The highest BCUT2D eigenvalue weighted by atomic mass is 35.5. The van der Waals surface area contributed by atoms with E-state index in [1.54, 1.807) is 12.1 Å². The minimum atomic E-state index is -0.164. The molecule has 1 aliphatic heterocycles. The zero-order valence-electron chi connectivity index (χ0n) is 11.4. The van der Waals surface area contributed by atoms with Gasteiger partial charge in [-0.15, -0.1) is 0 Å². The summed E-state index contributed by atoms with van der Waals surface area (Å²) in [4.78, 5) is 2.26. The van der Waals surface area contributed by atoms with Crippen LogP contribution in [-0.2, 0) is 6.54 Å². The quantitative estimate of drug-likeness (QED) is 0.936. The molecule has 6 heteroatoms.